The SMILES string of the molecule is COc1ccc(C)cc1NC(C)=S. The maximum atomic E-state index is 5.18. The van der Waals surface area contributed by atoms with Crippen LogP contribution in [0, 0.1) is 6.92 Å². The standard InChI is InChI=1S/C10H13NOS/c1-7-4-5-10(12-3)9(6-7)11-8(2)13/h4-6H,1-3H3,(H,11,13). The molecule has 0 atom stereocenters. The van der Waals surface area contributed by atoms with Crippen LogP contribution in [-0.4, -0.2) is 12.1 Å². The van der Waals surface area contributed by atoms with E-state index in [2.05, 4.69) is 5.32 Å². The molecule has 0 aliphatic rings. The maximum absolute atomic E-state index is 5.18. The Hall–Kier alpha value is -1.09. The Morgan fingerprint density at radius 3 is 2.69 bits per heavy atom. The summed E-state index contributed by atoms with van der Waals surface area (Å²) < 4.78 is 5.18. The number of ether oxygens (including phenoxy) is 1. The number of hydrogen-bond acceptors (Lipinski definition) is 2. The fraction of sp³-hybridized carbons (Fsp3) is 0.300. The summed E-state index contributed by atoms with van der Waals surface area (Å²) in [6, 6.07) is 5.94. The van der Waals surface area contributed by atoms with E-state index in [0.29, 0.717) is 0 Å². The molecule has 0 aromatic heterocycles. The molecular formula is C10H13NOS. The second kappa shape index (κ2) is 4.23. The van der Waals surface area contributed by atoms with Crippen molar-refractivity contribution >= 4 is 22.9 Å². The molecular weight excluding hydrogens is 182 g/mol. The predicted molar refractivity (Wildman–Crippen MR) is 59.6 cm³/mol. The van der Waals surface area contributed by atoms with Gasteiger partial charge in [0.1, 0.15) is 5.75 Å². The van der Waals surface area contributed by atoms with Gasteiger partial charge in [0.15, 0.2) is 0 Å². The van der Waals surface area contributed by atoms with Gasteiger partial charge in [0, 0.05) is 0 Å². The van der Waals surface area contributed by atoms with E-state index in [4.69, 9.17) is 17.0 Å². The highest BCUT2D eigenvalue weighted by molar-refractivity contribution is 7.80. The second-order valence-corrected chi connectivity index (χ2v) is 3.50. The van der Waals surface area contributed by atoms with Crippen LogP contribution >= 0.6 is 12.2 Å². The van der Waals surface area contributed by atoms with Gasteiger partial charge in [-0.3, -0.25) is 0 Å². The van der Waals surface area contributed by atoms with Gasteiger partial charge in [0.05, 0.1) is 17.8 Å². The van der Waals surface area contributed by atoms with Gasteiger partial charge in [0.25, 0.3) is 0 Å². The zero-order valence-electron chi connectivity index (χ0n) is 8.05. The van der Waals surface area contributed by atoms with Crippen molar-refractivity contribution in [2.24, 2.45) is 0 Å². The van der Waals surface area contributed by atoms with Gasteiger partial charge in [-0.25, -0.2) is 0 Å². The Kier molecular flexibility index (Phi) is 3.25. The van der Waals surface area contributed by atoms with Crippen molar-refractivity contribution in [3.63, 3.8) is 0 Å². The van der Waals surface area contributed by atoms with E-state index in [1.165, 1.54) is 5.56 Å². The largest absolute Gasteiger partial charge is 0.495 e. The number of nitrogens with one attached hydrogen (secondary N) is 1. The Morgan fingerprint density at radius 1 is 1.46 bits per heavy atom. The molecule has 3 heteroatoms. The minimum absolute atomic E-state index is 0.740. The molecule has 0 saturated carbocycles. The monoisotopic (exact) mass is 195 g/mol. The lowest BCUT2D eigenvalue weighted by molar-refractivity contribution is 0.417. The van der Waals surface area contributed by atoms with Gasteiger partial charge in [-0.1, -0.05) is 18.3 Å². The summed E-state index contributed by atoms with van der Waals surface area (Å²) in [5.41, 5.74) is 2.11. The van der Waals surface area contributed by atoms with E-state index in [9.17, 15) is 0 Å². The smallest absolute Gasteiger partial charge is 0.142 e. The van der Waals surface area contributed by atoms with Crippen molar-refractivity contribution in [2.45, 2.75) is 13.8 Å². The number of aryl methyl sites for hydroxylation is 1. The normalized spacial score (nSPS) is 9.46. The average molecular weight is 195 g/mol. The molecule has 70 valence electrons. The predicted octanol–water partition coefficient (Wildman–Crippen LogP) is 2.76. The van der Waals surface area contributed by atoms with Crippen LogP contribution < -0.4 is 10.1 Å². The summed E-state index contributed by atoms with van der Waals surface area (Å²) in [7, 11) is 1.65. The Balaban J connectivity index is 3.01. The van der Waals surface area contributed by atoms with E-state index < -0.39 is 0 Å². The van der Waals surface area contributed by atoms with Gasteiger partial charge in [0.2, 0.25) is 0 Å². The number of benzene rings is 1. The minimum Gasteiger partial charge on any atom is -0.495 e. The van der Waals surface area contributed by atoms with Crippen LogP contribution in [0.25, 0.3) is 0 Å². The average Bonchev–Trinajstić information content (AvgIpc) is 2.03. The maximum Gasteiger partial charge on any atom is 0.142 e. The van der Waals surface area contributed by atoms with Crippen LogP contribution in [0.15, 0.2) is 18.2 Å². The van der Waals surface area contributed by atoms with Gasteiger partial charge < -0.3 is 10.1 Å². The molecule has 0 amide bonds. The van der Waals surface area contributed by atoms with E-state index in [1.807, 2.05) is 32.0 Å². The van der Waals surface area contributed by atoms with Crippen LogP contribution in [0.4, 0.5) is 5.69 Å². The summed E-state index contributed by atoms with van der Waals surface area (Å²) in [5.74, 6) is 0.815. The molecule has 13 heavy (non-hydrogen) atoms. The first-order valence-electron chi connectivity index (χ1n) is 4.05. The fourth-order valence-electron chi connectivity index (χ4n) is 1.11. The summed E-state index contributed by atoms with van der Waals surface area (Å²) in [6.07, 6.45) is 0. The van der Waals surface area contributed by atoms with Crippen molar-refractivity contribution in [1.82, 2.24) is 0 Å². The number of hydrogen-bond donors (Lipinski definition) is 1. The molecule has 0 saturated heterocycles. The third kappa shape index (κ3) is 2.70. The Morgan fingerprint density at radius 2 is 2.15 bits per heavy atom. The highest BCUT2D eigenvalue weighted by Crippen LogP contribution is 2.24. The fourth-order valence-corrected chi connectivity index (χ4v) is 1.22. The van der Waals surface area contributed by atoms with E-state index in [1.54, 1.807) is 7.11 Å². The van der Waals surface area contributed by atoms with Crippen LogP contribution in [0.5, 0.6) is 5.75 Å². The van der Waals surface area contributed by atoms with E-state index in [0.717, 1.165) is 16.4 Å². The van der Waals surface area contributed by atoms with Crippen molar-refractivity contribution < 1.29 is 4.74 Å². The van der Waals surface area contributed by atoms with Crippen LogP contribution in [0.2, 0.25) is 0 Å². The topological polar surface area (TPSA) is 21.3 Å². The molecule has 1 rings (SSSR count). The summed E-state index contributed by atoms with van der Waals surface area (Å²) in [5, 5.41) is 3.07. The summed E-state index contributed by atoms with van der Waals surface area (Å²) >= 11 is 4.96. The zero-order valence-corrected chi connectivity index (χ0v) is 8.87. The molecule has 0 unspecified atom stereocenters. The van der Waals surface area contributed by atoms with E-state index in [-0.39, 0.29) is 0 Å². The molecule has 0 fully saturated rings. The molecule has 1 aromatic carbocycles. The van der Waals surface area contributed by atoms with Crippen molar-refractivity contribution in [3.05, 3.63) is 23.8 Å². The van der Waals surface area contributed by atoms with Gasteiger partial charge in [-0.15, -0.1) is 0 Å². The summed E-state index contributed by atoms with van der Waals surface area (Å²) in [4.78, 5) is 0.740. The van der Waals surface area contributed by atoms with Gasteiger partial charge in [-0.2, -0.15) is 0 Å². The number of methoxy groups -OCH3 is 1. The molecule has 1 aromatic rings. The van der Waals surface area contributed by atoms with Crippen molar-refractivity contribution in [1.29, 1.82) is 0 Å². The molecule has 0 spiro atoms. The van der Waals surface area contributed by atoms with E-state index >= 15 is 0 Å². The summed E-state index contributed by atoms with van der Waals surface area (Å²) in [6.45, 7) is 3.88. The molecule has 1 N–H and O–H groups in total. The Bertz CT molecular complexity index is 323. The first-order chi connectivity index (χ1) is 6.13. The lowest BCUT2D eigenvalue weighted by Gasteiger charge is -2.10. The highest BCUT2D eigenvalue weighted by Gasteiger charge is 2.01. The first-order valence-corrected chi connectivity index (χ1v) is 4.46. The van der Waals surface area contributed by atoms with Gasteiger partial charge in [-0.05, 0) is 31.5 Å². The third-order valence-electron chi connectivity index (χ3n) is 1.67. The first kappa shape index (κ1) is 9.99. The third-order valence-corrected chi connectivity index (χ3v) is 1.77. The lowest BCUT2D eigenvalue weighted by Crippen LogP contribution is -2.05. The number of anilines is 1. The van der Waals surface area contributed by atoms with Crippen molar-refractivity contribution in [2.75, 3.05) is 12.4 Å². The molecule has 2 nitrogen and oxygen atoms in total. The lowest BCUT2D eigenvalue weighted by atomic mass is 10.2. The van der Waals surface area contributed by atoms with Crippen LogP contribution in [0.3, 0.4) is 0 Å². The quantitative estimate of drug-likeness (QED) is 0.733. The van der Waals surface area contributed by atoms with Gasteiger partial charge >= 0.3 is 0 Å². The second-order valence-electron chi connectivity index (χ2n) is 2.88. The highest BCUT2D eigenvalue weighted by atomic mass is 32.1. The molecule has 0 heterocycles. The molecule has 0 radical (unpaired) electrons. The van der Waals surface area contributed by atoms with Crippen LogP contribution in [-0.2, 0) is 0 Å². The molecule has 0 bridgehead atoms. The zero-order chi connectivity index (χ0) is 9.84. The molecule has 0 aliphatic heterocycles. The number of rotatable bonds is 2. The number of thiocarbonyl (C=S) groups is 1. The van der Waals surface area contributed by atoms with Crippen LogP contribution in [0.1, 0.15) is 12.5 Å². The van der Waals surface area contributed by atoms with Crippen molar-refractivity contribution in [3.8, 4) is 5.75 Å². The molecule has 0 aliphatic carbocycles. The Labute approximate surface area is 83.9 Å². The minimum atomic E-state index is 0.740.